The Hall–Kier alpha value is -2.32. The lowest BCUT2D eigenvalue weighted by atomic mass is 9.97. The molecule has 1 aromatic carbocycles. The van der Waals surface area contributed by atoms with Crippen molar-refractivity contribution in [1.82, 2.24) is 15.1 Å². The zero-order valence-corrected chi connectivity index (χ0v) is 22.6. The maximum Gasteiger partial charge on any atom is 0.325 e. The van der Waals surface area contributed by atoms with E-state index >= 15 is 0 Å². The van der Waals surface area contributed by atoms with E-state index in [1.807, 2.05) is 33.8 Å². The van der Waals surface area contributed by atoms with Crippen LogP contribution >= 0.6 is 12.6 Å². The number of carbonyl (C=O) groups is 1. The Morgan fingerprint density at radius 1 is 1.34 bits per heavy atom. The number of hydrogen-bond acceptors (Lipinski definition) is 7. The van der Waals surface area contributed by atoms with E-state index in [-0.39, 0.29) is 36.7 Å². The first-order chi connectivity index (χ1) is 16.3. The summed E-state index contributed by atoms with van der Waals surface area (Å²) in [4.78, 5) is 16.7. The second-order valence-corrected chi connectivity index (χ2v) is 9.82. The van der Waals surface area contributed by atoms with Crippen molar-refractivity contribution in [1.29, 1.82) is 5.26 Å². The molecule has 1 unspecified atom stereocenters. The van der Waals surface area contributed by atoms with Gasteiger partial charge in [0, 0.05) is 17.6 Å². The molecule has 0 radical (unpaired) electrons. The largest absolute Gasteiger partial charge is 0.496 e. The molecule has 2 atom stereocenters. The van der Waals surface area contributed by atoms with Gasteiger partial charge in [0.05, 0.1) is 43.3 Å². The van der Waals surface area contributed by atoms with Crippen LogP contribution in [0.3, 0.4) is 0 Å². The minimum atomic E-state index is -1.02. The van der Waals surface area contributed by atoms with Gasteiger partial charge in [-0.3, -0.25) is 10.2 Å². The van der Waals surface area contributed by atoms with Crippen molar-refractivity contribution >= 4 is 18.7 Å². The van der Waals surface area contributed by atoms with Crippen LogP contribution in [-0.2, 0) is 4.74 Å². The summed E-state index contributed by atoms with van der Waals surface area (Å²) in [6.45, 7) is 14.9. The molecule has 8 nitrogen and oxygen atoms in total. The molecule has 196 valence electrons. The normalized spacial score (nSPS) is 13.3. The van der Waals surface area contributed by atoms with Crippen molar-refractivity contribution in [3.8, 4) is 11.8 Å². The molecule has 0 aliphatic heterocycles. The predicted octanol–water partition coefficient (Wildman–Crippen LogP) is 4.43. The fraction of sp³-hybridized carbons (Fsp3) is 0.600. The first kappa shape index (κ1) is 30.7. The molecule has 10 heteroatoms. The van der Waals surface area contributed by atoms with Crippen LogP contribution in [0.2, 0.25) is 0 Å². The fourth-order valence-corrected chi connectivity index (χ4v) is 3.99. The first-order valence-electron chi connectivity index (χ1n) is 11.5. The van der Waals surface area contributed by atoms with E-state index in [1.165, 1.54) is 30.2 Å². The molecule has 0 aromatic heterocycles. The number of nitrogens with zero attached hydrogens (tertiary/aromatic N) is 3. The van der Waals surface area contributed by atoms with Crippen molar-refractivity contribution in [2.45, 2.75) is 77.9 Å². The average Bonchev–Trinajstić information content (AvgIpc) is 2.74. The number of urea groups is 1. The number of aliphatic hydroxyl groups is 1. The van der Waals surface area contributed by atoms with Crippen LogP contribution in [0.5, 0.6) is 5.75 Å². The SMILES string of the molecule is C=C(S)N(C[C@H](OCCC#N)c1cc(F)ccc1OC)C(=O)N(C(C)C)C(C)(C)C(O)NC(C)C. The van der Waals surface area contributed by atoms with E-state index in [1.54, 1.807) is 18.7 Å². The number of rotatable bonds is 13. The Morgan fingerprint density at radius 3 is 2.46 bits per heavy atom. The van der Waals surface area contributed by atoms with E-state index in [0.717, 1.165) is 0 Å². The van der Waals surface area contributed by atoms with Crippen LogP contribution in [0.4, 0.5) is 9.18 Å². The second kappa shape index (κ2) is 13.7. The van der Waals surface area contributed by atoms with E-state index in [0.29, 0.717) is 11.3 Å². The highest BCUT2D eigenvalue weighted by Crippen LogP contribution is 2.32. The zero-order chi connectivity index (χ0) is 26.9. The van der Waals surface area contributed by atoms with Crippen LogP contribution in [0.25, 0.3) is 0 Å². The molecule has 0 saturated heterocycles. The fourth-order valence-electron chi connectivity index (χ4n) is 3.82. The van der Waals surface area contributed by atoms with E-state index in [9.17, 15) is 14.3 Å². The summed E-state index contributed by atoms with van der Waals surface area (Å²) in [5.41, 5.74) is -0.625. The molecule has 0 saturated carbocycles. The third-order valence-corrected chi connectivity index (χ3v) is 5.71. The topological polar surface area (TPSA) is 98.1 Å². The Kier molecular flexibility index (Phi) is 12.0. The Balaban J connectivity index is 3.44. The number of nitriles is 1. The maximum absolute atomic E-state index is 14.2. The first-order valence-corrected chi connectivity index (χ1v) is 12.0. The van der Waals surface area contributed by atoms with Gasteiger partial charge in [-0.15, -0.1) is 12.6 Å². The molecule has 0 fully saturated rings. The molecule has 0 heterocycles. The van der Waals surface area contributed by atoms with E-state index < -0.39 is 29.7 Å². The summed E-state index contributed by atoms with van der Waals surface area (Å²) in [6.07, 6.45) is -1.74. The molecule has 0 bridgehead atoms. The van der Waals surface area contributed by atoms with Gasteiger partial charge in [-0.25, -0.2) is 9.18 Å². The number of carbonyl (C=O) groups excluding carboxylic acids is 1. The number of methoxy groups -OCH3 is 1. The molecule has 2 N–H and O–H groups in total. The molecule has 1 rings (SSSR count). The Bertz CT molecular complexity index is 904. The Labute approximate surface area is 214 Å². The summed E-state index contributed by atoms with van der Waals surface area (Å²) in [5, 5.41) is 23.0. The van der Waals surface area contributed by atoms with Gasteiger partial charge in [0.25, 0.3) is 0 Å². The molecular formula is C25H39FN4O4S. The Morgan fingerprint density at radius 2 is 1.97 bits per heavy atom. The monoisotopic (exact) mass is 510 g/mol. The molecular weight excluding hydrogens is 471 g/mol. The molecule has 0 spiro atoms. The summed E-state index contributed by atoms with van der Waals surface area (Å²) < 4.78 is 25.4. The van der Waals surface area contributed by atoms with Gasteiger partial charge in [0.1, 0.15) is 23.9 Å². The van der Waals surface area contributed by atoms with Gasteiger partial charge in [-0.2, -0.15) is 5.26 Å². The summed E-state index contributed by atoms with van der Waals surface area (Å²) >= 11 is 4.36. The standard InChI is InChI=1S/C25H39FN4O4S/c1-16(2)28-23(31)25(6,7)30(17(3)4)24(32)29(18(5)35)15-22(34-13-9-12-27)20-14-19(26)10-11-21(20)33-8/h10-11,14,16-17,22-23,28,31,35H,5,9,13,15H2,1-4,6-8H3/t22-,23?/m0/s1. The average molecular weight is 511 g/mol. The number of benzene rings is 1. The van der Waals surface area contributed by atoms with Crippen molar-refractivity contribution in [2.24, 2.45) is 0 Å². The molecule has 0 aliphatic rings. The lowest BCUT2D eigenvalue weighted by Crippen LogP contribution is -2.64. The van der Waals surface area contributed by atoms with Crippen molar-refractivity contribution in [3.63, 3.8) is 0 Å². The maximum atomic E-state index is 14.2. The second-order valence-electron chi connectivity index (χ2n) is 9.30. The lowest BCUT2D eigenvalue weighted by molar-refractivity contribution is -0.0333. The van der Waals surface area contributed by atoms with E-state index in [4.69, 9.17) is 14.7 Å². The minimum Gasteiger partial charge on any atom is -0.496 e. The van der Waals surface area contributed by atoms with Crippen molar-refractivity contribution in [2.75, 3.05) is 20.3 Å². The smallest absolute Gasteiger partial charge is 0.325 e. The van der Waals surface area contributed by atoms with Crippen molar-refractivity contribution in [3.05, 3.63) is 41.2 Å². The number of aliphatic hydroxyl groups excluding tert-OH is 1. The van der Waals surface area contributed by atoms with Gasteiger partial charge >= 0.3 is 6.03 Å². The van der Waals surface area contributed by atoms with Gasteiger partial charge in [0.2, 0.25) is 0 Å². The van der Waals surface area contributed by atoms with Gasteiger partial charge in [-0.1, -0.05) is 6.58 Å². The predicted molar refractivity (Wildman–Crippen MR) is 137 cm³/mol. The minimum absolute atomic E-state index is 0.0114. The molecule has 1 aromatic rings. The number of ether oxygens (including phenoxy) is 2. The number of amides is 2. The van der Waals surface area contributed by atoms with Crippen LogP contribution in [0.15, 0.2) is 29.8 Å². The number of nitrogens with one attached hydrogen (secondary N) is 1. The van der Waals surface area contributed by atoms with Gasteiger partial charge < -0.3 is 19.5 Å². The molecule has 2 amide bonds. The highest BCUT2D eigenvalue weighted by Gasteiger charge is 2.42. The van der Waals surface area contributed by atoms with Crippen LogP contribution in [0, 0.1) is 17.1 Å². The zero-order valence-electron chi connectivity index (χ0n) is 21.7. The molecule has 0 aliphatic carbocycles. The van der Waals surface area contributed by atoms with Crippen LogP contribution in [0.1, 0.15) is 59.6 Å². The third kappa shape index (κ3) is 8.39. The quantitative estimate of drug-likeness (QED) is 0.206. The van der Waals surface area contributed by atoms with Crippen LogP contribution < -0.4 is 10.1 Å². The van der Waals surface area contributed by atoms with Gasteiger partial charge in [0.15, 0.2) is 0 Å². The summed E-state index contributed by atoms with van der Waals surface area (Å²) in [5.74, 6) is -0.117. The van der Waals surface area contributed by atoms with E-state index in [2.05, 4.69) is 24.5 Å². The third-order valence-electron chi connectivity index (χ3n) is 5.47. The van der Waals surface area contributed by atoms with Gasteiger partial charge in [-0.05, 0) is 59.7 Å². The van der Waals surface area contributed by atoms with Crippen LogP contribution in [-0.4, -0.2) is 65.0 Å². The summed E-state index contributed by atoms with van der Waals surface area (Å²) in [7, 11) is 1.45. The molecule has 35 heavy (non-hydrogen) atoms. The lowest BCUT2D eigenvalue weighted by Gasteiger charge is -2.47. The number of hydrogen-bond donors (Lipinski definition) is 3. The van der Waals surface area contributed by atoms with Crippen molar-refractivity contribution < 1.29 is 23.8 Å². The summed E-state index contributed by atoms with van der Waals surface area (Å²) in [6, 6.07) is 5.26. The number of thiol groups is 1. The number of halogens is 1. The highest BCUT2D eigenvalue weighted by molar-refractivity contribution is 7.84. The highest BCUT2D eigenvalue weighted by atomic mass is 32.1.